The molecular weight excluding hydrogens is 388 g/mol. The highest BCUT2D eigenvalue weighted by atomic mass is 32.3. The smallest absolute Gasteiger partial charge is 0.405 e. The number of piperidine rings is 1. The van der Waals surface area contributed by atoms with Crippen molar-refractivity contribution in [3.8, 4) is 0 Å². The lowest BCUT2D eigenvalue weighted by Crippen LogP contribution is -2.39. The number of anilines is 1. The van der Waals surface area contributed by atoms with Crippen molar-refractivity contribution in [2.24, 2.45) is 0 Å². The third-order valence-electron chi connectivity index (χ3n) is 5.05. The fraction of sp³-hybridized carbons (Fsp3) is 0.647. The van der Waals surface area contributed by atoms with E-state index in [9.17, 15) is 24.1 Å². The molecule has 2 aliphatic heterocycles. The van der Waals surface area contributed by atoms with E-state index in [2.05, 4.69) is 15.2 Å². The van der Waals surface area contributed by atoms with Crippen molar-refractivity contribution >= 4 is 22.7 Å². The summed E-state index contributed by atoms with van der Waals surface area (Å²) in [6.07, 6.45) is 2.27. The first-order valence-electron chi connectivity index (χ1n) is 9.32. The number of amides is 1. The summed E-state index contributed by atoms with van der Waals surface area (Å²) in [5.41, 5.74) is 0.716. The predicted octanol–water partition coefficient (Wildman–Crippen LogP) is 1.70. The minimum atomic E-state index is -3.05. The Balaban J connectivity index is 1.65. The summed E-state index contributed by atoms with van der Waals surface area (Å²) in [6, 6.07) is 3.01. The molecule has 158 valence electrons. The molecule has 5 N–H and O–H groups in total. The molecule has 1 atom stereocenters. The fourth-order valence-electron chi connectivity index (χ4n) is 3.47. The molecule has 1 aromatic rings. The summed E-state index contributed by atoms with van der Waals surface area (Å²) in [5, 5.41) is 21.3. The summed E-state index contributed by atoms with van der Waals surface area (Å²) in [4.78, 5) is 17.8. The molecule has 0 bridgehead atoms. The molecule has 1 amide bonds. The van der Waals surface area contributed by atoms with Crippen LogP contribution in [0.4, 0.5) is 10.6 Å². The lowest BCUT2D eigenvalue weighted by molar-refractivity contribution is 0.0806. The van der Waals surface area contributed by atoms with E-state index in [1.54, 1.807) is 18.3 Å². The van der Waals surface area contributed by atoms with Gasteiger partial charge < -0.3 is 25.2 Å². The zero-order chi connectivity index (χ0) is 20.1. The molecule has 10 nitrogen and oxygen atoms in total. The van der Waals surface area contributed by atoms with Gasteiger partial charge in [-0.15, -0.1) is 0 Å². The SMILES string of the molecule is O=C(O)NC(CCN1CCC(O)CC1)c1ccc(N2CCOCS2(O)O)nc1. The maximum Gasteiger partial charge on any atom is 0.405 e. The van der Waals surface area contributed by atoms with Gasteiger partial charge in [0.15, 0.2) is 5.94 Å². The van der Waals surface area contributed by atoms with Gasteiger partial charge in [0.1, 0.15) is 5.82 Å². The third kappa shape index (κ3) is 5.46. The Hall–Kier alpha value is -1.63. The van der Waals surface area contributed by atoms with Crippen molar-refractivity contribution in [1.29, 1.82) is 0 Å². The molecule has 0 spiro atoms. The maximum absolute atomic E-state index is 11.2. The number of pyridine rings is 1. The quantitative estimate of drug-likeness (QED) is 0.469. The van der Waals surface area contributed by atoms with Crippen molar-refractivity contribution in [1.82, 2.24) is 15.2 Å². The summed E-state index contributed by atoms with van der Waals surface area (Å²) in [7, 11) is -3.05. The van der Waals surface area contributed by atoms with E-state index >= 15 is 0 Å². The molecule has 3 heterocycles. The first kappa shape index (κ1) is 21.1. The summed E-state index contributed by atoms with van der Waals surface area (Å²) >= 11 is 0. The van der Waals surface area contributed by atoms with Gasteiger partial charge in [-0.3, -0.25) is 13.4 Å². The lowest BCUT2D eigenvalue weighted by atomic mass is 10.0. The molecule has 0 aromatic carbocycles. The second-order valence-electron chi connectivity index (χ2n) is 7.07. The molecule has 11 heteroatoms. The van der Waals surface area contributed by atoms with Gasteiger partial charge >= 0.3 is 6.09 Å². The van der Waals surface area contributed by atoms with Crippen molar-refractivity contribution in [2.45, 2.75) is 31.4 Å². The number of carbonyl (C=O) groups is 1. The van der Waals surface area contributed by atoms with Gasteiger partial charge in [-0.05, 0) is 30.9 Å². The Bertz CT molecular complexity index is 654. The van der Waals surface area contributed by atoms with E-state index in [0.717, 1.165) is 25.9 Å². The number of hydrogen-bond acceptors (Lipinski definition) is 8. The lowest BCUT2D eigenvalue weighted by Gasteiger charge is -2.45. The standard InChI is InChI=1S/C17H28N4O6S/c22-14-3-6-20(7-4-14)8-5-15(19-17(23)24)13-1-2-16(18-11-13)21-9-10-27-12-28(21,25)26/h1-2,11,14-15,19,22,25-26H,3-10,12H2,(H,23,24). The number of rotatable bonds is 6. The first-order valence-corrected chi connectivity index (χ1v) is 11.0. The molecule has 28 heavy (non-hydrogen) atoms. The van der Waals surface area contributed by atoms with Crippen molar-refractivity contribution in [3.63, 3.8) is 0 Å². The van der Waals surface area contributed by atoms with Crippen LogP contribution in [0.3, 0.4) is 0 Å². The van der Waals surface area contributed by atoms with Gasteiger partial charge in [0.25, 0.3) is 0 Å². The van der Waals surface area contributed by atoms with Crippen LogP contribution in [0, 0.1) is 0 Å². The number of aromatic nitrogens is 1. The first-order chi connectivity index (χ1) is 13.3. The van der Waals surface area contributed by atoms with Crippen LogP contribution >= 0.6 is 10.8 Å². The van der Waals surface area contributed by atoms with E-state index < -0.39 is 22.9 Å². The largest absolute Gasteiger partial charge is 0.465 e. The molecule has 0 radical (unpaired) electrons. The molecule has 2 saturated heterocycles. The van der Waals surface area contributed by atoms with Gasteiger partial charge in [0, 0.05) is 25.8 Å². The summed E-state index contributed by atoms with van der Waals surface area (Å²) in [6.45, 7) is 3.02. The second kappa shape index (κ2) is 9.25. The Kier molecular flexibility index (Phi) is 6.96. The van der Waals surface area contributed by atoms with Crippen LogP contribution < -0.4 is 9.62 Å². The molecular formula is C17H28N4O6S. The van der Waals surface area contributed by atoms with E-state index in [-0.39, 0.29) is 12.0 Å². The van der Waals surface area contributed by atoms with E-state index in [1.165, 1.54) is 4.31 Å². The number of likely N-dealkylation sites (tertiary alicyclic amines) is 1. The van der Waals surface area contributed by atoms with Gasteiger partial charge in [-0.25, -0.2) is 9.78 Å². The van der Waals surface area contributed by atoms with Gasteiger partial charge in [-0.1, -0.05) is 16.8 Å². The number of aliphatic hydroxyl groups is 1. The van der Waals surface area contributed by atoms with Crippen LogP contribution in [0.2, 0.25) is 0 Å². The Labute approximate surface area is 165 Å². The van der Waals surface area contributed by atoms with Crippen LogP contribution in [-0.4, -0.2) is 80.1 Å². The highest BCUT2D eigenvalue weighted by Crippen LogP contribution is 2.47. The van der Waals surface area contributed by atoms with Crippen LogP contribution in [-0.2, 0) is 4.74 Å². The number of aliphatic hydroxyl groups excluding tert-OH is 1. The van der Waals surface area contributed by atoms with Gasteiger partial charge in [0.2, 0.25) is 0 Å². The number of nitrogens with one attached hydrogen (secondary N) is 1. The zero-order valence-corrected chi connectivity index (χ0v) is 16.4. The second-order valence-corrected chi connectivity index (χ2v) is 9.01. The molecule has 2 aliphatic rings. The average Bonchev–Trinajstić information content (AvgIpc) is 2.66. The minimum Gasteiger partial charge on any atom is -0.465 e. The number of hydrogen-bond donors (Lipinski definition) is 5. The van der Waals surface area contributed by atoms with E-state index in [4.69, 9.17) is 4.74 Å². The molecule has 1 aromatic heterocycles. The Morgan fingerprint density at radius 2 is 2.07 bits per heavy atom. The van der Waals surface area contributed by atoms with Crippen molar-refractivity contribution in [3.05, 3.63) is 23.9 Å². The van der Waals surface area contributed by atoms with Crippen molar-refractivity contribution in [2.75, 3.05) is 43.0 Å². The number of nitrogens with zero attached hydrogens (tertiary/aromatic N) is 3. The summed E-state index contributed by atoms with van der Waals surface area (Å²) in [5.74, 6) is 0.274. The van der Waals surface area contributed by atoms with Gasteiger partial charge in [0.05, 0.1) is 25.3 Å². The van der Waals surface area contributed by atoms with Gasteiger partial charge in [-0.2, -0.15) is 0 Å². The Morgan fingerprint density at radius 1 is 1.32 bits per heavy atom. The van der Waals surface area contributed by atoms with Crippen LogP contribution in [0.25, 0.3) is 0 Å². The summed E-state index contributed by atoms with van der Waals surface area (Å²) < 4.78 is 26.8. The normalized spacial score (nSPS) is 23.2. The van der Waals surface area contributed by atoms with Crippen LogP contribution in [0.15, 0.2) is 18.3 Å². The number of carboxylic acid groups (broad SMARTS) is 1. The molecule has 0 saturated carbocycles. The predicted molar refractivity (Wildman–Crippen MR) is 105 cm³/mol. The topological polar surface area (TPSA) is 139 Å². The van der Waals surface area contributed by atoms with E-state index in [1.807, 2.05) is 0 Å². The van der Waals surface area contributed by atoms with Crippen LogP contribution in [0.1, 0.15) is 30.9 Å². The van der Waals surface area contributed by atoms with E-state index in [0.29, 0.717) is 37.5 Å². The Morgan fingerprint density at radius 3 is 2.68 bits per heavy atom. The van der Waals surface area contributed by atoms with Crippen molar-refractivity contribution < 1.29 is 28.8 Å². The van der Waals surface area contributed by atoms with Crippen LogP contribution in [0.5, 0.6) is 0 Å². The number of ether oxygens (including phenoxy) is 1. The highest BCUT2D eigenvalue weighted by molar-refractivity contribution is 8.25. The maximum atomic E-state index is 11.2. The minimum absolute atomic E-state index is 0.149. The average molecular weight is 417 g/mol. The molecule has 0 aliphatic carbocycles. The monoisotopic (exact) mass is 416 g/mol. The zero-order valence-electron chi connectivity index (χ0n) is 15.6. The molecule has 3 rings (SSSR count). The highest BCUT2D eigenvalue weighted by Gasteiger charge is 2.28. The third-order valence-corrected chi connectivity index (χ3v) is 6.61. The molecule has 1 unspecified atom stereocenters. The fourth-order valence-corrected chi connectivity index (χ4v) is 4.71. The molecule has 2 fully saturated rings.